The third-order valence-electron chi connectivity index (χ3n) is 3.25. The van der Waals surface area contributed by atoms with Crippen molar-refractivity contribution >= 4 is 17.8 Å². The molecule has 2 atom stereocenters. The first-order valence-electron chi connectivity index (χ1n) is 6.68. The van der Waals surface area contributed by atoms with Gasteiger partial charge in [-0.15, -0.1) is 5.10 Å². The number of rotatable bonds is 3. The minimum absolute atomic E-state index is 0.0610. The smallest absolute Gasteiger partial charge is 0.453 e. The van der Waals surface area contributed by atoms with Gasteiger partial charge in [-0.05, 0) is 12.8 Å². The fourth-order valence-corrected chi connectivity index (χ4v) is 2.23. The number of hydrogen-bond acceptors (Lipinski definition) is 6. The highest BCUT2D eigenvalue weighted by atomic mass is 19.4. The molecule has 2 heterocycles. The van der Waals surface area contributed by atoms with Gasteiger partial charge in [0.1, 0.15) is 0 Å². The van der Waals surface area contributed by atoms with Crippen molar-refractivity contribution in [2.24, 2.45) is 11.8 Å². The van der Waals surface area contributed by atoms with Gasteiger partial charge < -0.3 is 10.1 Å². The number of alkyl halides is 3. The van der Waals surface area contributed by atoms with Gasteiger partial charge in [0.2, 0.25) is 5.95 Å². The van der Waals surface area contributed by atoms with Gasteiger partial charge in [-0.1, -0.05) is 13.8 Å². The maximum atomic E-state index is 12.7. The number of halogens is 3. The van der Waals surface area contributed by atoms with Crippen molar-refractivity contribution in [1.29, 1.82) is 0 Å². The standard InChI is InChI=1S/C12H15F3N4O3/c1-4-22-9(21)6-7(5(2)3)16-11-17-10(12(13,14)15)18-19(11)8(6)20/h5-7H,4H2,1-3H3,(H,16,17,18)/t6-,7+/m0/s1. The Bertz CT molecular complexity index is 597. The van der Waals surface area contributed by atoms with Gasteiger partial charge >= 0.3 is 12.1 Å². The Morgan fingerprint density at radius 1 is 1.45 bits per heavy atom. The molecule has 122 valence electrons. The molecule has 2 rings (SSSR count). The third-order valence-corrected chi connectivity index (χ3v) is 3.25. The normalized spacial score (nSPS) is 21.5. The van der Waals surface area contributed by atoms with E-state index in [0.29, 0.717) is 4.68 Å². The highest BCUT2D eigenvalue weighted by Gasteiger charge is 2.46. The fourth-order valence-electron chi connectivity index (χ4n) is 2.23. The number of hydrogen-bond donors (Lipinski definition) is 1. The predicted molar refractivity (Wildman–Crippen MR) is 68.0 cm³/mol. The Morgan fingerprint density at radius 2 is 2.09 bits per heavy atom. The van der Waals surface area contributed by atoms with Crippen molar-refractivity contribution in [1.82, 2.24) is 14.8 Å². The lowest BCUT2D eigenvalue weighted by molar-refractivity contribution is -0.147. The summed E-state index contributed by atoms with van der Waals surface area (Å²) in [6, 6.07) is -0.718. The van der Waals surface area contributed by atoms with Crippen LogP contribution in [0.3, 0.4) is 0 Å². The third kappa shape index (κ3) is 2.77. The highest BCUT2D eigenvalue weighted by molar-refractivity contribution is 6.02. The summed E-state index contributed by atoms with van der Waals surface area (Å²) in [6.07, 6.45) is -4.78. The lowest BCUT2D eigenvalue weighted by Crippen LogP contribution is -2.50. The molecule has 10 heteroatoms. The van der Waals surface area contributed by atoms with Crippen molar-refractivity contribution in [3.63, 3.8) is 0 Å². The van der Waals surface area contributed by atoms with Crippen molar-refractivity contribution in [2.45, 2.75) is 33.0 Å². The van der Waals surface area contributed by atoms with Crippen molar-refractivity contribution < 1.29 is 27.5 Å². The van der Waals surface area contributed by atoms with E-state index in [2.05, 4.69) is 15.4 Å². The van der Waals surface area contributed by atoms with E-state index in [-0.39, 0.29) is 18.5 Å². The second kappa shape index (κ2) is 5.58. The zero-order valence-electron chi connectivity index (χ0n) is 12.1. The van der Waals surface area contributed by atoms with Gasteiger partial charge in [0.25, 0.3) is 11.7 Å². The van der Waals surface area contributed by atoms with Gasteiger partial charge in [-0.25, -0.2) is 0 Å². The second-order valence-corrected chi connectivity index (χ2v) is 5.15. The number of nitrogens with one attached hydrogen (secondary N) is 1. The number of ether oxygens (including phenoxy) is 1. The molecule has 0 amide bonds. The minimum atomic E-state index is -4.78. The predicted octanol–water partition coefficient (Wildman–Crippen LogP) is 1.57. The average molecular weight is 320 g/mol. The van der Waals surface area contributed by atoms with E-state index in [9.17, 15) is 22.8 Å². The molecule has 22 heavy (non-hydrogen) atoms. The molecule has 0 bridgehead atoms. The molecule has 1 aromatic heterocycles. The van der Waals surface area contributed by atoms with Crippen LogP contribution < -0.4 is 5.32 Å². The van der Waals surface area contributed by atoms with Crippen LogP contribution in [0, 0.1) is 11.8 Å². The lowest BCUT2D eigenvalue weighted by atomic mass is 9.88. The highest BCUT2D eigenvalue weighted by Crippen LogP contribution is 2.31. The van der Waals surface area contributed by atoms with Gasteiger partial charge in [0, 0.05) is 0 Å². The quantitative estimate of drug-likeness (QED) is 0.672. The molecule has 0 saturated carbocycles. The Morgan fingerprint density at radius 3 is 2.59 bits per heavy atom. The van der Waals surface area contributed by atoms with Crippen molar-refractivity contribution in [2.75, 3.05) is 11.9 Å². The topological polar surface area (TPSA) is 86.1 Å². The Kier molecular flexibility index (Phi) is 4.12. The molecule has 1 N–H and O–H groups in total. The molecule has 7 nitrogen and oxygen atoms in total. The van der Waals surface area contributed by atoms with E-state index < -0.39 is 35.8 Å². The van der Waals surface area contributed by atoms with Crippen LogP contribution in [-0.2, 0) is 15.7 Å². The molecule has 0 radical (unpaired) electrons. The summed E-state index contributed by atoms with van der Waals surface area (Å²) >= 11 is 0. The van der Waals surface area contributed by atoms with E-state index in [1.165, 1.54) is 0 Å². The molecule has 1 aliphatic heterocycles. The van der Waals surface area contributed by atoms with Gasteiger partial charge in [-0.2, -0.15) is 22.8 Å². The number of carbonyl (C=O) groups is 2. The molecule has 0 aromatic carbocycles. The fraction of sp³-hybridized carbons (Fsp3) is 0.667. The zero-order chi connectivity index (χ0) is 16.7. The van der Waals surface area contributed by atoms with Crippen LogP contribution in [0.4, 0.5) is 19.1 Å². The molecule has 0 unspecified atom stereocenters. The number of anilines is 1. The maximum absolute atomic E-state index is 12.7. The molecule has 0 fully saturated rings. The number of nitrogens with zero attached hydrogens (tertiary/aromatic N) is 3. The number of fused-ring (bicyclic) bond motifs is 1. The zero-order valence-corrected chi connectivity index (χ0v) is 12.1. The monoisotopic (exact) mass is 320 g/mol. The molecular formula is C12H15F3N4O3. The average Bonchev–Trinajstić information content (AvgIpc) is 2.82. The first kappa shape index (κ1) is 16.2. The van der Waals surface area contributed by atoms with Crippen LogP contribution in [0.15, 0.2) is 0 Å². The van der Waals surface area contributed by atoms with Crippen LogP contribution >= 0.6 is 0 Å². The SMILES string of the molecule is CCOC(=O)[C@@H]1C(=O)n2nc(C(F)(F)F)nc2N[C@@H]1C(C)C. The van der Waals surface area contributed by atoms with Gasteiger partial charge in [0.15, 0.2) is 5.92 Å². The summed E-state index contributed by atoms with van der Waals surface area (Å²) in [4.78, 5) is 27.6. The van der Waals surface area contributed by atoms with Crippen LogP contribution in [0.1, 0.15) is 31.4 Å². The van der Waals surface area contributed by atoms with E-state index in [1.807, 2.05) is 0 Å². The number of esters is 1. The van der Waals surface area contributed by atoms with Crippen LogP contribution in [0.25, 0.3) is 0 Å². The molecule has 0 spiro atoms. The number of aromatic nitrogens is 3. The van der Waals surface area contributed by atoms with E-state index in [4.69, 9.17) is 4.74 Å². The van der Waals surface area contributed by atoms with Crippen LogP contribution in [0.2, 0.25) is 0 Å². The molecule has 0 aliphatic carbocycles. The summed E-state index contributed by atoms with van der Waals surface area (Å²) in [5, 5.41) is 5.83. The van der Waals surface area contributed by atoms with Crippen LogP contribution in [0.5, 0.6) is 0 Å². The second-order valence-electron chi connectivity index (χ2n) is 5.15. The minimum Gasteiger partial charge on any atom is -0.465 e. The molecular weight excluding hydrogens is 305 g/mol. The first-order valence-corrected chi connectivity index (χ1v) is 6.68. The van der Waals surface area contributed by atoms with E-state index in [0.717, 1.165) is 0 Å². The summed E-state index contributed by atoms with van der Waals surface area (Å²) in [7, 11) is 0. The molecule has 1 aliphatic rings. The summed E-state index contributed by atoms with van der Waals surface area (Å²) in [6.45, 7) is 5.10. The van der Waals surface area contributed by atoms with E-state index in [1.54, 1.807) is 20.8 Å². The number of carbonyl (C=O) groups excluding carboxylic acids is 2. The summed E-state index contributed by atoms with van der Waals surface area (Å²) < 4.78 is 43.3. The van der Waals surface area contributed by atoms with Crippen LogP contribution in [-0.4, -0.2) is 39.3 Å². The molecule has 0 saturated heterocycles. The maximum Gasteiger partial charge on any atom is 0.453 e. The van der Waals surface area contributed by atoms with E-state index >= 15 is 0 Å². The van der Waals surface area contributed by atoms with Gasteiger partial charge in [0.05, 0.1) is 12.6 Å². The van der Waals surface area contributed by atoms with Gasteiger partial charge in [-0.3, -0.25) is 9.59 Å². The Balaban J connectivity index is 2.44. The lowest BCUT2D eigenvalue weighted by Gasteiger charge is -2.32. The molecule has 1 aromatic rings. The Hall–Kier alpha value is -2.13. The van der Waals surface area contributed by atoms with Crippen molar-refractivity contribution in [3.8, 4) is 0 Å². The first-order chi connectivity index (χ1) is 10.2. The van der Waals surface area contributed by atoms with Crippen molar-refractivity contribution in [3.05, 3.63) is 5.82 Å². The summed E-state index contributed by atoms with van der Waals surface area (Å²) in [5.74, 6) is -4.91. The Labute approximate surface area is 123 Å². The largest absolute Gasteiger partial charge is 0.465 e. The summed E-state index contributed by atoms with van der Waals surface area (Å²) in [5.41, 5.74) is 0.